The van der Waals surface area contributed by atoms with Crippen LogP contribution >= 0.6 is 0 Å². The number of aromatic hydroxyl groups is 1. The van der Waals surface area contributed by atoms with Gasteiger partial charge in [-0.15, -0.1) is 0 Å². The van der Waals surface area contributed by atoms with Gasteiger partial charge in [-0.05, 0) is 48.9 Å². The Morgan fingerprint density at radius 1 is 0.875 bits per heavy atom. The van der Waals surface area contributed by atoms with Crippen molar-refractivity contribution in [2.24, 2.45) is 0 Å². The van der Waals surface area contributed by atoms with Crippen molar-refractivity contribution < 1.29 is 29.7 Å². The van der Waals surface area contributed by atoms with E-state index in [0.29, 0.717) is 11.1 Å². The first-order chi connectivity index (χ1) is 15.3. The van der Waals surface area contributed by atoms with Crippen molar-refractivity contribution in [3.63, 3.8) is 0 Å². The van der Waals surface area contributed by atoms with Crippen LogP contribution < -0.4 is 4.90 Å². The zero-order valence-electron chi connectivity index (χ0n) is 17.0. The van der Waals surface area contributed by atoms with Gasteiger partial charge in [0.15, 0.2) is 0 Å². The van der Waals surface area contributed by atoms with Crippen molar-refractivity contribution in [2.45, 2.75) is 13.0 Å². The molecule has 4 rings (SSSR count). The van der Waals surface area contributed by atoms with E-state index < -0.39 is 23.7 Å². The van der Waals surface area contributed by atoms with Gasteiger partial charge < -0.3 is 15.3 Å². The van der Waals surface area contributed by atoms with Gasteiger partial charge in [0.25, 0.3) is 11.7 Å². The topological polar surface area (TPSA) is 115 Å². The first-order valence-electron chi connectivity index (χ1n) is 9.78. The van der Waals surface area contributed by atoms with Crippen LogP contribution in [0.3, 0.4) is 0 Å². The molecule has 32 heavy (non-hydrogen) atoms. The average Bonchev–Trinajstić information content (AvgIpc) is 3.04. The monoisotopic (exact) mass is 429 g/mol. The second-order valence-corrected chi connectivity index (χ2v) is 7.48. The lowest BCUT2D eigenvalue weighted by atomic mass is 9.94. The minimum absolute atomic E-state index is 0.0268. The molecule has 0 spiro atoms. The van der Waals surface area contributed by atoms with Crippen LogP contribution in [0.4, 0.5) is 5.69 Å². The maximum Gasteiger partial charge on any atom is 0.335 e. The van der Waals surface area contributed by atoms with Crippen molar-refractivity contribution in [1.29, 1.82) is 0 Å². The number of hydrogen-bond donors (Lipinski definition) is 3. The number of anilines is 1. The van der Waals surface area contributed by atoms with Crippen LogP contribution in [0.1, 0.15) is 33.1 Å². The maximum absolute atomic E-state index is 13.0. The third kappa shape index (κ3) is 3.60. The molecule has 1 aliphatic rings. The minimum Gasteiger partial charge on any atom is -0.508 e. The Bertz CT molecular complexity index is 1260. The number of carboxylic acid groups (broad SMARTS) is 1. The largest absolute Gasteiger partial charge is 0.508 e. The van der Waals surface area contributed by atoms with E-state index in [9.17, 15) is 24.6 Å². The molecular weight excluding hydrogens is 410 g/mol. The Kier molecular flexibility index (Phi) is 5.24. The highest BCUT2D eigenvalue weighted by Gasteiger charge is 2.47. The third-order valence-electron chi connectivity index (χ3n) is 5.35. The number of nitrogens with zero attached hydrogens (tertiary/aromatic N) is 1. The summed E-state index contributed by atoms with van der Waals surface area (Å²) < 4.78 is 0. The fourth-order valence-corrected chi connectivity index (χ4v) is 3.74. The Morgan fingerprint density at radius 3 is 2.09 bits per heavy atom. The highest BCUT2D eigenvalue weighted by atomic mass is 16.4. The molecule has 1 aliphatic heterocycles. The lowest BCUT2D eigenvalue weighted by Crippen LogP contribution is -2.29. The van der Waals surface area contributed by atoms with Gasteiger partial charge in [-0.3, -0.25) is 14.5 Å². The van der Waals surface area contributed by atoms with E-state index in [4.69, 9.17) is 5.11 Å². The fraction of sp³-hybridized carbons (Fsp3) is 0.0800. The molecule has 1 heterocycles. The number of aromatic carboxylic acids is 1. The molecule has 1 saturated heterocycles. The zero-order chi connectivity index (χ0) is 23.0. The van der Waals surface area contributed by atoms with Crippen molar-refractivity contribution in [1.82, 2.24) is 0 Å². The summed E-state index contributed by atoms with van der Waals surface area (Å²) in [6.07, 6.45) is 0. The number of carbonyl (C=O) groups excluding carboxylic acids is 2. The molecule has 1 fully saturated rings. The lowest BCUT2D eigenvalue weighted by molar-refractivity contribution is -0.132. The molecule has 7 heteroatoms. The molecule has 0 radical (unpaired) electrons. The summed E-state index contributed by atoms with van der Waals surface area (Å²) in [5, 5.41) is 30.2. The zero-order valence-corrected chi connectivity index (χ0v) is 17.0. The molecule has 0 aromatic heterocycles. The molecule has 1 amide bonds. The Balaban J connectivity index is 1.92. The fourth-order valence-electron chi connectivity index (χ4n) is 3.74. The van der Waals surface area contributed by atoms with Crippen LogP contribution in [0, 0.1) is 6.92 Å². The number of rotatable bonds is 4. The molecule has 1 atom stereocenters. The molecule has 3 N–H and O–H groups in total. The van der Waals surface area contributed by atoms with Gasteiger partial charge in [-0.25, -0.2) is 4.79 Å². The normalized spacial score (nSPS) is 17.5. The Labute approximate surface area is 183 Å². The molecule has 0 aliphatic carbocycles. The number of aryl methyl sites for hydroxylation is 1. The van der Waals surface area contributed by atoms with Crippen molar-refractivity contribution in [3.8, 4) is 5.75 Å². The van der Waals surface area contributed by atoms with Crippen LogP contribution in [0.2, 0.25) is 0 Å². The summed E-state index contributed by atoms with van der Waals surface area (Å²) in [4.78, 5) is 38.5. The van der Waals surface area contributed by atoms with Gasteiger partial charge in [-0.1, -0.05) is 42.0 Å². The number of carboxylic acids is 1. The molecule has 3 aromatic carbocycles. The van der Waals surface area contributed by atoms with Crippen LogP contribution in [0.25, 0.3) is 5.76 Å². The smallest absolute Gasteiger partial charge is 0.335 e. The Hall–Kier alpha value is -4.39. The molecule has 0 bridgehead atoms. The number of amides is 1. The van der Waals surface area contributed by atoms with Gasteiger partial charge in [0.1, 0.15) is 11.5 Å². The number of aliphatic hydroxyl groups is 1. The minimum atomic E-state index is -1.12. The number of phenols is 1. The van der Waals surface area contributed by atoms with Crippen LogP contribution in [-0.4, -0.2) is 33.0 Å². The van der Waals surface area contributed by atoms with E-state index in [1.165, 1.54) is 41.3 Å². The number of carbonyl (C=O) groups is 3. The van der Waals surface area contributed by atoms with Gasteiger partial charge in [-0.2, -0.15) is 0 Å². The summed E-state index contributed by atoms with van der Waals surface area (Å²) >= 11 is 0. The highest BCUT2D eigenvalue weighted by molar-refractivity contribution is 6.51. The van der Waals surface area contributed by atoms with Gasteiger partial charge in [0, 0.05) is 11.3 Å². The third-order valence-corrected chi connectivity index (χ3v) is 5.35. The predicted octanol–water partition coefficient (Wildman–Crippen LogP) is 4.03. The van der Waals surface area contributed by atoms with Crippen molar-refractivity contribution >= 4 is 29.1 Å². The van der Waals surface area contributed by atoms with E-state index in [0.717, 1.165) is 5.56 Å². The molecular formula is C25H19NO6. The second kappa shape index (κ2) is 8.03. The van der Waals surface area contributed by atoms with E-state index in [-0.39, 0.29) is 28.3 Å². The molecule has 7 nitrogen and oxygen atoms in total. The van der Waals surface area contributed by atoms with Crippen molar-refractivity contribution in [3.05, 3.63) is 101 Å². The summed E-state index contributed by atoms with van der Waals surface area (Å²) in [5.74, 6) is -3.26. The quantitative estimate of drug-likeness (QED) is 0.328. The number of ketones is 1. The van der Waals surface area contributed by atoms with Crippen LogP contribution in [-0.2, 0) is 9.59 Å². The molecule has 3 aromatic rings. The Morgan fingerprint density at radius 2 is 1.50 bits per heavy atom. The summed E-state index contributed by atoms with van der Waals surface area (Å²) in [6, 6.07) is 17.4. The average molecular weight is 429 g/mol. The number of Topliss-reactive ketones (excluding diaryl/α,β-unsaturated/α-hetero) is 1. The highest BCUT2D eigenvalue weighted by Crippen LogP contribution is 2.42. The molecule has 0 unspecified atom stereocenters. The van der Waals surface area contributed by atoms with E-state index in [1.54, 1.807) is 36.4 Å². The van der Waals surface area contributed by atoms with Gasteiger partial charge in [0.05, 0.1) is 17.2 Å². The standard InChI is InChI=1S/C25H19NO6/c1-14-5-7-15(8-6-14)22(28)20-21(17-3-2-4-19(27)13-17)26(24(30)23(20)29)18-11-9-16(10-12-18)25(31)32/h2-13,21,27-28H,1H3,(H,31,32)/t21-/m1/s1. The first-order valence-corrected chi connectivity index (χ1v) is 9.78. The summed E-state index contributed by atoms with van der Waals surface area (Å²) in [5.41, 5.74) is 1.95. The SMILES string of the molecule is Cc1ccc(C(O)=C2C(=O)C(=O)N(c3ccc(C(=O)O)cc3)[C@@H]2c2cccc(O)c2)cc1. The van der Waals surface area contributed by atoms with E-state index in [2.05, 4.69) is 0 Å². The lowest BCUT2D eigenvalue weighted by Gasteiger charge is -2.25. The van der Waals surface area contributed by atoms with Crippen LogP contribution in [0.15, 0.2) is 78.4 Å². The maximum atomic E-state index is 13.0. The number of phenolic OH excluding ortho intramolecular Hbond substituents is 1. The molecule has 160 valence electrons. The van der Waals surface area contributed by atoms with E-state index >= 15 is 0 Å². The van der Waals surface area contributed by atoms with Gasteiger partial charge in [0.2, 0.25) is 0 Å². The van der Waals surface area contributed by atoms with Gasteiger partial charge >= 0.3 is 5.97 Å². The first kappa shape index (κ1) is 20.9. The number of hydrogen-bond acceptors (Lipinski definition) is 5. The molecule has 0 saturated carbocycles. The van der Waals surface area contributed by atoms with Crippen LogP contribution in [0.5, 0.6) is 5.75 Å². The number of aliphatic hydroxyl groups excluding tert-OH is 1. The summed E-state index contributed by atoms with van der Waals surface area (Å²) in [7, 11) is 0. The number of benzene rings is 3. The van der Waals surface area contributed by atoms with Crippen molar-refractivity contribution in [2.75, 3.05) is 4.90 Å². The summed E-state index contributed by atoms with van der Waals surface area (Å²) in [6.45, 7) is 1.89. The predicted molar refractivity (Wildman–Crippen MR) is 117 cm³/mol. The van der Waals surface area contributed by atoms with E-state index in [1.807, 2.05) is 6.92 Å². The second-order valence-electron chi connectivity index (χ2n) is 7.48.